The lowest BCUT2D eigenvalue weighted by Crippen LogP contribution is -2.16. The first kappa shape index (κ1) is 13.5. The number of aromatic nitrogens is 2. The molecule has 0 saturated heterocycles. The van der Waals surface area contributed by atoms with Crippen LogP contribution in [-0.2, 0) is 4.79 Å². The molecule has 108 valence electrons. The molecule has 5 nitrogen and oxygen atoms in total. The van der Waals surface area contributed by atoms with E-state index in [1.807, 2.05) is 24.3 Å². The van der Waals surface area contributed by atoms with Crippen LogP contribution in [0.5, 0.6) is 0 Å². The summed E-state index contributed by atoms with van der Waals surface area (Å²) in [4.78, 5) is 23.0. The van der Waals surface area contributed by atoms with Crippen molar-refractivity contribution in [3.63, 3.8) is 0 Å². The average molecular weight is 283 g/mol. The maximum atomic E-state index is 12.0. The zero-order chi connectivity index (χ0) is 15.0. The van der Waals surface area contributed by atoms with E-state index in [2.05, 4.69) is 29.4 Å². The van der Waals surface area contributed by atoms with Crippen LogP contribution in [-0.4, -0.2) is 16.1 Å². The fourth-order valence-corrected chi connectivity index (χ4v) is 2.37. The molecule has 2 aromatic rings. The lowest BCUT2D eigenvalue weighted by Gasteiger charge is -2.07. The molecule has 1 atom stereocenters. The minimum absolute atomic E-state index is 0.0786. The third kappa shape index (κ3) is 2.86. The van der Waals surface area contributed by atoms with Gasteiger partial charge < -0.3 is 5.32 Å². The van der Waals surface area contributed by atoms with E-state index >= 15 is 0 Å². The van der Waals surface area contributed by atoms with Crippen molar-refractivity contribution in [1.29, 1.82) is 0 Å². The van der Waals surface area contributed by atoms with Crippen LogP contribution in [0.1, 0.15) is 20.3 Å². The number of hydrogen-bond donors (Lipinski definition) is 2. The van der Waals surface area contributed by atoms with Crippen molar-refractivity contribution in [3.8, 4) is 11.3 Å². The summed E-state index contributed by atoms with van der Waals surface area (Å²) < 4.78 is 0. The minimum atomic E-state index is -0.227. The number of H-pyrrole nitrogens is 1. The van der Waals surface area contributed by atoms with Crippen molar-refractivity contribution < 1.29 is 4.79 Å². The monoisotopic (exact) mass is 283 g/mol. The van der Waals surface area contributed by atoms with Gasteiger partial charge in [-0.2, -0.15) is 5.10 Å². The molecular weight excluding hydrogens is 266 g/mol. The maximum absolute atomic E-state index is 12.0. The van der Waals surface area contributed by atoms with Gasteiger partial charge in [-0.25, -0.2) is 5.10 Å². The van der Waals surface area contributed by atoms with E-state index in [9.17, 15) is 9.59 Å². The van der Waals surface area contributed by atoms with E-state index in [0.717, 1.165) is 17.7 Å². The summed E-state index contributed by atoms with van der Waals surface area (Å²) >= 11 is 0. The molecule has 1 amide bonds. The molecule has 1 aliphatic rings. The molecule has 1 aliphatic carbocycles. The number of anilines is 1. The smallest absolute Gasteiger partial charge is 0.264 e. The zero-order valence-electron chi connectivity index (χ0n) is 12.0. The van der Waals surface area contributed by atoms with Crippen molar-refractivity contribution in [3.05, 3.63) is 46.8 Å². The van der Waals surface area contributed by atoms with Gasteiger partial charge in [-0.15, -0.1) is 0 Å². The second kappa shape index (κ2) is 4.84. The van der Waals surface area contributed by atoms with E-state index < -0.39 is 0 Å². The predicted octanol–water partition coefficient (Wildman–Crippen LogP) is 2.42. The van der Waals surface area contributed by atoms with Gasteiger partial charge in [0.2, 0.25) is 5.91 Å². The van der Waals surface area contributed by atoms with E-state index in [1.54, 1.807) is 6.07 Å². The summed E-state index contributed by atoms with van der Waals surface area (Å²) in [6.07, 6.45) is 0.943. The fourth-order valence-electron chi connectivity index (χ4n) is 2.37. The molecule has 0 bridgehead atoms. The molecule has 0 aliphatic heterocycles. The molecule has 0 radical (unpaired) electrons. The summed E-state index contributed by atoms with van der Waals surface area (Å²) in [5.41, 5.74) is 2.25. The van der Waals surface area contributed by atoms with Crippen LogP contribution >= 0.6 is 0 Å². The quantitative estimate of drug-likeness (QED) is 0.908. The van der Waals surface area contributed by atoms with Crippen LogP contribution in [0.15, 0.2) is 41.2 Å². The molecule has 1 aromatic carbocycles. The zero-order valence-corrected chi connectivity index (χ0v) is 12.0. The van der Waals surface area contributed by atoms with Crippen molar-refractivity contribution in [1.82, 2.24) is 10.2 Å². The van der Waals surface area contributed by atoms with Gasteiger partial charge in [-0.1, -0.05) is 26.0 Å². The summed E-state index contributed by atoms with van der Waals surface area (Å²) in [7, 11) is 0. The van der Waals surface area contributed by atoms with Crippen LogP contribution in [0.25, 0.3) is 11.3 Å². The molecule has 5 heteroatoms. The molecule has 1 saturated carbocycles. The second-order valence-corrected chi connectivity index (χ2v) is 6.12. The third-order valence-electron chi connectivity index (χ3n) is 3.96. The van der Waals surface area contributed by atoms with Crippen LogP contribution in [0.2, 0.25) is 0 Å². The van der Waals surface area contributed by atoms with Crippen LogP contribution in [0.4, 0.5) is 5.69 Å². The third-order valence-corrected chi connectivity index (χ3v) is 3.96. The van der Waals surface area contributed by atoms with Gasteiger partial charge in [0, 0.05) is 23.2 Å². The number of aromatic amines is 1. The average Bonchev–Trinajstić information content (AvgIpc) is 3.10. The number of amides is 1. The Balaban J connectivity index is 1.71. The molecule has 21 heavy (non-hydrogen) atoms. The Morgan fingerprint density at radius 2 is 1.90 bits per heavy atom. The Morgan fingerprint density at radius 3 is 2.43 bits per heavy atom. The second-order valence-electron chi connectivity index (χ2n) is 6.12. The summed E-state index contributed by atoms with van der Waals surface area (Å²) in [5.74, 6) is 0.188. The predicted molar refractivity (Wildman–Crippen MR) is 80.8 cm³/mol. The van der Waals surface area contributed by atoms with E-state index in [4.69, 9.17) is 0 Å². The molecule has 1 unspecified atom stereocenters. The Bertz CT molecular complexity index is 711. The number of nitrogens with one attached hydrogen (secondary N) is 2. The van der Waals surface area contributed by atoms with Gasteiger partial charge in [-0.05, 0) is 30.0 Å². The van der Waals surface area contributed by atoms with Crippen LogP contribution < -0.4 is 10.9 Å². The topological polar surface area (TPSA) is 74.8 Å². The van der Waals surface area contributed by atoms with Crippen LogP contribution in [0.3, 0.4) is 0 Å². The van der Waals surface area contributed by atoms with Crippen molar-refractivity contribution in [2.75, 3.05) is 5.32 Å². The Morgan fingerprint density at radius 1 is 1.24 bits per heavy atom. The Labute approximate surface area is 122 Å². The first-order valence-corrected chi connectivity index (χ1v) is 6.93. The fraction of sp³-hybridized carbons (Fsp3) is 0.312. The van der Waals surface area contributed by atoms with Crippen molar-refractivity contribution in [2.24, 2.45) is 11.3 Å². The standard InChI is InChI=1S/C16H17N3O2/c1-16(2)9-12(16)15(21)17-11-5-3-10(4-6-11)13-7-8-14(20)19-18-13/h3-8,12H,9H2,1-2H3,(H,17,21)(H,19,20). The van der Waals surface area contributed by atoms with Gasteiger partial charge in [-0.3, -0.25) is 9.59 Å². The highest BCUT2D eigenvalue weighted by atomic mass is 16.2. The number of carbonyl (C=O) groups excluding carboxylic acids is 1. The summed E-state index contributed by atoms with van der Waals surface area (Å²) in [6.45, 7) is 4.20. The summed E-state index contributed by atoms with van der Waals surface area (Å²) in [6, 6.07) is 10.5. The Hall–Kier alpha value is -2.43. The first-order chi connectivity index (χ1) is 9.95. The highest BCUT2D eigenvalue weighted by Gasteiger charge is 2.50. The normalized spacial score (nSPS) is 19.0. The van der Waals surface area contributed by atoms with E-state index in [1.165, 1.54) is 6.07 Å². The number of nitrogens with zero attached hydrogens (tertiary/aromatic N) is 1. The molecular formula is C16H17N3O2. The van der Waals surface area contributed by atoms with Gasteiger partial charge in [0.15, 0.2) is 0 Å². The highest BCUT2D eigenvalue weighted by molar-refractivity contribution is 5.95. The Kier molecular flexibility index (Phi) is 3.12. The van der Waals surface area contributed by atoms with E-state index in [0.29, 0.717) is 5.69 Å². The molecule has 1 fully saturated rings. The molecule has 1 aromatic heterocycles. The summed E-state index contributed by atoms with van der Waals surface area (Å²) in [5, 5.41) is 9.30. The number of rotatable bonds is 3. The lowest BCUT2D eigenvalue weighted by molar-refractivity contribution is -0.117. The lowest BCUT2D eigenvalue weighted by atomic mass is 10.1. The number of hydrogen-bond acceptors (Lipinski definition) is 3. The minimum Gasteiger partial charge on any atom is -0.326 e. The molecule has 0 spiro atoms. The molecule has 1 heterocycles. The van der Waals surface area contributed by atoms with E-state index in [-0.39, 0.29) is 22.8 Å². The molecule has 2 N–H and O–H groups in total. The van der Waals surface area contributed by atoms with Gasteiger partial charge >= 0.3 is 0 Å². The SMILES string of the molecule is CC1(C)CC1C(=O)Nc1ccc(-c2ccc(=O)[nH]n2)cc1. The van der Waals surface area contributed by atoms with Gasteiger partial charge in [0.25, 0.3) is 5.56 Å². The first-order valence-electron chi connectivity index (χ1n) is 6.93. The van der Waals surface area contributed by atoms with Gasteiger partial charge in [0.05, 0.1) is 5.69 Å². The number of carbonyl (C=O) groups is 1. The van der Waals surface area contributed by atoms with Crippen molar-refractivity contribution in [2.45, 2.75) is 20.3 Å². The number of benzene rings is 1. The maximum Gasteiger partial charge on any atom is 0.264 e. The van der Waals surface area contributed by atoms with Crippen molar-refractivity contribution >= 4 is 11.6 Å². The molecule has 3 rings (SSSR count). The van der Waals surface area contributed by atoms with Crippen LogP contribution in [0, 0.1) is 11.3 Å². The van der Waals surface area contributed by atoms with Gasteiger partial charge in [0.1, 0.15) is 0 Å². The highest BCUT2D eigenvalue weighted by Crippen LogP contribution is 2.51. The largest absolute Gasteiger partial charge is 0.326 e.